The Morgan fingerprint density at radius 3 is 2.73 bits per heavy atom. The predicted molar refractivity (Wildman–Crippen MR) is 86.1 cm³/mol. The summed E-state index contributed by atoms with van der Waals surface area (Å²) in [5.74, 6) is -1.32. The van der Waals surface area contributed by atoms with Crippen LogP contribution in [-0.4, -0.2) is 27.3 Å². The van der Waals surface area contributed by atoms with Crippen molar-refractivity contribution in [2.75, 3.05) is 5.73 Å². The summed E-state index contributed by atoms with van der Waals surface area (Å²) in [6.07, 6.45) is 1.14. The van der Waals surface area contributed by atoms with Crippen LogP contribution in [0.3, 0.4) is 0 Å². The highest BCUT2D eigenvalue weighted by Gasteiger charge is 2.15. The lowest BCUT2D eigenvalue weighted by Crippen LogP contribution is -2.17. The van der Waals surface area contributed by atoms with Crippen molar-refractivity contribution in [1.82, 2.24) is 10.4 Å². The molecule has 22 heavy (non-hydrogen) atoms. The number of aromatic hydroxyl groups is 2. The maximum Gasteiger partial charge on any atom is 0.283 e. The first-order valence-electron chi connectivity index (χ1n) is 5.77. The zero-order valence-corrected chi connectivity index (χ0v) is 13.4. The third-order valence-electron chi connectivity index (χ3n) is 2.59. The van der Waals surface area contributed by atoms with Crippen molar-refractivity contribution >= 4 is 51.8 Å². The molecule has 2 rings (SSSR count). The normalized spacial score (nSPS) is 11.0. The van der Waals surface area contributed by atoms with Gasteiger partial charge in [0.15, 0.2) is 10.9 Å². The van der Waals surface area contributed by atoms with E-state index in [9.17, 15) is 15.0 Å². The molecule has 116 valence electrons. The van der Waals surface area contributed by atoms with Crippen LogP contribution in [-0.2, 0) is 0 Å². The quantitative estimate of drug-likeness (QED) is 0.494. The molecule has 0 spiro atoms. The number of amides is 1. The summed E-state index contributed by atoms with van der Waals surface area (Å²) in [6, 6.07) is 1.25. The molecule has 7 nitrogen and oxygen atoms in total. The number of aryl methyl sites for hydroxylation is 1. The minimum absolute atomic E-state index is 0.0540. The van der Waals surface area contributed by atoms with Gasteiger partial charge in [0.25, 0.3) is 5.91 Å². The number of nitrogen functional groups attached to an aromatic ring is 1. The second-order valence-corrected chi connectivity index (χ2v) is 5.94. The van der Waals surface area contributed by atoms with Gasteiger partial charge in [-0.15, -0.1) is 0 Å². The maximum atomic E-state index is 11.9. The van der Waals surface area contributed by atoms with Crippen LogP contribution in [0.2, 0.25) is 10.0 Å². The lowest BCUT2D eigenvalue weighted by molar-refractivity contribution is 0.0958. The molecule has 0 bridgehead atoms. The Bertz CT molecular complexity index is 776. The van der Waals surface area contributed by atoms with Crippen LogP contribution in [0, 0.1) is 6.92 Å². The highest BCUT2D eigenvalue weighted by Crippen LogP contribution is 2.40. The molecule has 0 saturated heterocycles. The topological polar surface area (TPSA) is 121 Å². The van der Waals surface area contributed by atoms with Gasteiger partial charge in [0.2, 0.25) is 0 Å². The van der Waals surface area contributed by atoms with Gasteiger partial charge in [-0.05, 0) is 13.0 Å². The number of nitrogens with one attached hydrogen (secondary N) is 1. The number of hydrogen-bond donors (Lipinski definition) is 4. The Hall–Kier alpha value is -2.03. The number of thiazole rings is 1. The first kappa shape index (κ1) is 16.3. The van der Waals surface area contributed by atoms with Crippen LogP contribution >= 0.6 is 34.5 Å². The van der Waals surface area contributed by atoms with Gasteiger partial charge in [-0.2, -0.15) is 5.10 Å². The minimum atomic E-state index is -0.488. The average Bonchev–Trinajstić information content (AvgIpc) is 2.80. The van der Waals surface area contributed by atoms with Crippen molar-refractivity contribution in [2.24, 2.45) is 5.10 Å². The van der Waals surface area contributed by atoms with Gasteiger partial charge < -0.3 is 15.9 Å². The number of halogens is 2. The summed E-state index contributed by atoms with van der Waals surface area (Å²) in [6.45, 7) is 1.65. The molecule has 0 aliphatic rings. The third kappa shape index (κ3) is 3.24. The van der Waals surface area contributed by atoms with E-state index < -0.39 is 17.4 Å². The Morgan fingerprint density at radius 1 is 1.45 bits per heavy atom. The number of nitrogens with two attached hydrogens (primary N) is 1. The Labute approximate surface area is 139 Å². The number of carbonyl (C=O) groups excluding carboxylic acids is 1. The van der Waals surface area contributed by atoms with E-state index in [-0.39, 0.29) is 20.7 Å². The SMILES string of the molecule is Cc1nc(N)sc1C(=O)N/N=C\c1cc(Cl)c(O)c(Cl)c1O. The van der Waals surface area contributed by atoms with Crippen molar-refractivity contribution in [2.45, 2.75) is 6.92 Å². The second kappa shape index (κ2) is 6.39. The number of anilines is 1. The van der Waals surface area contributed by atoms with E-state index in [2.05, 4.69) is 15.5 Å². The fourth-order valence-electron chi connectivity index (χ4n) is 1.55. The summed E-state index contributed by atoms with van der Waals surface area (Å²) in [5, 5.41) is 22.8. The summed E-state index contributed by atoms with van der Waals surface area (Å²) in [7, 11) is 0. The molecule has 5 N–H and O–H groups in total. The molecule has 0 radical (unpaired) electrons. The molecule has 1 aromatic carbocycles. The molecule has 0 aliphatic heterocycles. The van der Waals surface area contributed by atoms with E-state index >= 15 is 0 Å². The van der Waals surface area contributed by atoms with E-state index in [1.807, 2.05) is 0 Å². The first-order chi connectivity index (χ1) is 10.3. The van der Waals surface area contributed by atoms with Crippen LogP contribution in [0.5, 0.6) is 11.5 Å². The smallest absolute Gasteiger partial charge is 0.283 e. The molecule has 0 unspecified atom stereocenters. The molecule has 0 saturated carbocycles. The van der Waals surface area contributed by atoms with Gasteiger partial charge in [0, 0.05) is 5.56 Å². The van der Waals surface area contributed by atoms with E-state index in [1.165, 1.54) is 6.07 Å². The van der Waals surface area contributed by atoms with Crippen molar-refractivity contribution in [3.8, 4) is 11.5 Å². The number of nitrogens with zero attached hydrogens (tertiary/aromatic N) is 2. The highest BCUT2D eigenvalue weighted by molar-refractivity contribution is 7.17. The van der Waals surface area contributed by atoms with Crippen LogP contribution < -0.4 is 11.2 Å². The average molecular weight is 361 g/mol. The van der Waals surface area contributed by atoms with Crippen molar-refractivity contribution in [3.05, 3.63) is 32.2 Å². The monoisotopic (exact) mass is 360 g/mol. The van der Waals surface area contributed by atoms with Gasteiger partial charge in [0.05, 0.1) is 16.9 Å². The van der Waals surface area contributed by atoms with Gasteiger partial charge >= 0.3 is 0 Å². The van der Waals surface area contributed by atoms with E-state index in [4.69, 9.17) is 28.9 Å². The molecular weight excluding hydrogens is 351 g/mol. The molecule has 1 amide bonds. The molecule has 10 heteroatoms. The Balaban J connectivity index is 2.17. The largest absolute Gasteiger partial charge is 0.506 e. The lowest BCUT2D eigenvalue weighted by Gasteiger charge is -2.05. The van der Waals surface area contributed by atoms with Gasteiger partial charge in [-0.25, -0.2) is 10.4 Å². The minimum Gasteiger partial charge on any atom is -0.506 e. The number of hydrogen-bond acceptors (Lipinski definition) is 7. The van der Waals surface area contributed by atoms with Crippen molar-refractivity contribution < 1.29 is 15.0 Å². The predicted octanol–water partition coefficient (Wildman–Crippen LogP) is 2.52. The van der Waals surface area contributed by atoms with Crippen molar-refractivity contribution in [3.63, 3.8) is 0 Å². The van der Waals surface area contributed by atoms with Crippen LogP contribution in [0.15, 0.2) is 11.2 Å². The van der Waals surface area contributed by atoms with E-state index in [0.717, 1.165) is 17.6 Å². The molecule has 0 aliphatic carbocycles. The summed E-state index contributed by atoms with van der Waals surface area (Å²) >= 11 is 12.5. The molecule has 0 atom stereocenters. The lowest BCUT2D eigenvalue weighted by atomic mass is 10.2. The molecule has 1 heterocycles. The van der Waals surface area contributed by atoms with Gasteiger partial charge in [-0.1, -0.05) is 34.5 Å². The summed E-state index contributed by atoms with van der Waals surface area (Å²) in [5.41, 5.74) is 8.40. The zero-order valence-electron chi connectivity index (χ0n) is 11.1. The number of hydrazone groups is 1. The Morgan fingerprint density at radius 2 is 2.14 bits per heavy atom. The van der Waals surface area contributed by atoms with Crippen molar-refractivity contribution in [1.29, 1.82) is 0 Å². The van der Waals surface area contributed by atoms with Crippen LogP contribution in [0.25, 0.3) is 0 Å². The number of carbonyl (C=O) groups is 1. The highest BCUT2D eigenvalue weighted by atomic mass is 35.5. The number of benzene rings is 1. The third-order valence-corrected chi connectivity index (χ3v) is 4.22. The van der Waals surface area contributed by atoms with E-state index in [1.54, 1.807) is 6.92 Å². The Kier molecular flexibility index (Phi) is 4.74. The number of phenols is 2. The zero-order chi connectivity index (χ0) is 16.4. The maximum absolute atomic E-state index is 11.9. The van der Waals surface area contributed by atoms with Crippen LogP contribution in [0.4, 0.5) is 5.13 Å². The van der Waals surface area contributed by atoms with E-state index in [0.29, 0.717) is 10.6 Å². The fraction of sp³-hybridized carbons (Fsp3) is 0.0833. The number of phenolic OH excluding ortho intramolecular Hbond substituents is 2. The van der Waals surface area contributed by atoms with Gasteiger partial charge in [-0.3, -0.25) is 4.79 Å². The fourth-order valence-corrected chi connectivity index (χ4v) is 2.75. The standard InChI is InChI=1S/C12H10Cl2N4O3S/c1-4-10(22-12(15)17-4)11(21)18-16-3-5-2-6(13)9(20)7(14)8(5)19/h2-3,19-20H,1H3,(H2,15,17)(H,18,21)/b16-3-. The molecule has 0 fully saturated rings. The first-order valence-corrected chi connectivity index (χ1v) is 7.34. The molecular formula is C12H10Cl2N4O3S. The van der Waals surface area contributed by atoms with Crippen LogP contribution in [0.1, 0.15) is 20.9 Å². The molecule has 1 aromatic heterocycles. The number of aromatic nitrogens is 1. The summed E-state index contributed by atoms with van der Waals surface area (Å²) in [4.78, 5) is 16.1. The molecule has 2 aromatic rings. The second-order valence-electron chi connectivity index (χ2n) is 4.12. The summed E-state index contributed by atoms with van der Waals surface area (Å²) < 4.78 is 0. The number of rotatable bonds is 3. The van der Waals surface area contributed by atoms with Gasteiger partial charge in [0.1, 0.15) is 15.6 Å².